The van der Waals surface area contributed by atoms with Gasteiger partial charge in [-0.15, -0.1) is 0 Å². The van der Waals surface area contributed by atoms with E-state index in [-0.39, 0.29) is 0 Å². The van der Waals surface area contributed by atoms with Crippen LogP contribution in [0.2, 0.25) is 0 Å². The molecule has 0 radical (unpaired) electrons. The molecule has 0 saturated carbocycles. The number of aromatic nitrogens is 2. The van der Waals surface area contributed by atoms with Gasteiger partial charge in [0.15, 0.2) is 15.8 Å². The quantitative estimate of drug-likeness (QED) is 0.443. The lowest BCUT2D eigenvalue weighted by Gasteiger charge is -2.12. The lowest BCUT2D eigenvalue weighted by Crippen LogP contribution is -2.37. The van der Waals surface area contributed by atoms with Crippen LogP contribution in [0.15, 0.2) is 52.6 Å². The minimum absolute atomic E-state index is 0.326. The maximum Gasteiger partial charge on any atom is 0.191 e. The van der Waals surface area contributed by atoms with Crippen molar-refractivity contribution in [3.05, 3.63) is 48.3 Å². The maximum atomic E-state index is 11.4. The molecule has 0 fully saturated rings. The monoisotopic (exact) mass is 349 g/mol. The van der Waals surface area contributed by atoms with Gasteiger partial charge in [-0.05, 0) is 30.2 Å². The van der Waals surface area contributed by atoms with Crippen LogP contribution in [-0.2, 0) is 22.9 Å². The van der Waals surface area contributed by atoms with Crippen LogP contribution in [0.3, 0.4) is 0 Å². The fraction of sp³-hybridized carbons (Fsp3) is 0.375. The number of hydrogen-bond acceptors (Lipinski definition) is 4. The van der Waals surface area contributed by atoms with E-state index in [1.54, 1.807) is 37.5 Å². The molecule has 8 heteroatoms. The van der Waals surface area contributed by atoms with E-state index in [4.69, 9.17) is 0 Å². The van der Waals surface area contributed by atoms with Crippen molar-refractivity contribution in [3.8, 4) is 0 Å². The summed E-state index contributed by atoms with van der Waals surface area (Å²) in [5.74, 6) is 0.711. The molecule has 2 rings (SSSR count). The number of aliphatic imine (C=N–C) groups is 1. The first-order valence-corrected chi connectivity index (χ1v) is 9.59. The number of nitrogens with zero attached hydrogens (tertiary/aromatic N) is 3. The molecule has 0 aliphatic carbocycles. The molecule has 0 aliphatic heterocycles. The molecule has 7 nitrogen and oxygen atoms in total. The van der Waals surface area contributed by atoms with Gasteiger partial charge in [-0.25, -0.2) is 8.42 Å². The van der Waals surface area contributed by atoms with Crippen LogP contribution in [-0.4, -0.2) is 44.0 Å². The average molecular weight is 349 g/mol. The van der Waals surface area contributed by atoms with Gasteiger partial charge in [-0.3, -0.25) is 9.67 Å². The molecule has 0 saturated heterocycles. The van der Waals surface area contributed by atoms with Crippen LogP contribution in [0.25, 0.3) is 0 Å². The van der Waals surface area contributed by atoms with E-state index in [9.17, 15) is 8.42 Å². The second kappa shape index (κ2) is 8.49. The number of aryl methyl sites for hydroxylation is 1. The summed E-state index contributed by atoms with van der Waals surface area (Å²) in [5, 5.41) is 10.6. The molecule has 0 atom stereocenters. The predicted molar refractivity (Wildman–Crippen MR) is 94.6 cm³/mol. The van der Waals surface area contributed by atoms with Crippen LogP contribution >= 0.6 is 0 Å². The van der Waals surface area contributed by atoms with Gasteiger partial charge in [-0.2, -0.15) is 5.10 Å². The Hall–Kier alpha value is -2.35. The Balaban J connectivity index is 1.74. The van der Waals surface area contributed by atoms with E-state index in [0.717, 1.165) is 25.1 Å². The van der Waals surface area contributed by atoms with E-state index in [2.05, 4.69) is 20.7 Å². The van der Waals surface area contributed by atoms with Crippen LogP contribution in [0.1, 0.15) is 12.0 Å². The molecule has 0 aliphatic rings. The molecule has 0 unspecified atom stereocenters. The highest BCUT2D eigenvalue weighted by molar-refractivity contribution is 7.90. The van der Waals surface area contributed by atoms with E-state index < -0.39 is 9.84 Å². The third-order valence-corrected chi connectivity index (χ3v) is 4.58. The number of nitrogens with one attached hydrogen (secondary N) is 2. The van der Waals surface area contributed by atoms with E-state index in [1.807, 2.05) is 16.9 Å². The first-order chi connectivity index (χ1) is 11.5. The average Bonchev–Trinajstić information content (AvgIpc) is 3.07. The number of sulfone groups is 1. The van der Waals surface area contributed by atoms with Gasteiger partial charge in [-0.1, -0.05) is 12.1 Å². The molecule has 130 valence electrons. The zero-order chi connectivity index (χ0) is 17.4. The van der Waals surface area contributed by atoms with Gasteiger partial charge in [0.1, 0.15) is 0 Å². The third kappa shape index (κ3) is 5.69. The van der Waals surface area contributed by atoms with Crippen molar-refractivity contribution in [3.63, 3.8) is 0 Å². The molecule has 2 N–H and O–H groups in total. The highest BCUT2D eigenvalue weighted by Gasteiger charge is 2.06. The Bertz CT molecular complexity index is 752. The SMILES string of the molecule is CN=C(NCCCn1cccn1)NCc1ccc(S(C)(=O)=O)cc1. The second-order valence-electron chi connectivity index (χ2n) is 5.39. The molecular formula is C16H23N5O2S. The molecule has 0 spiro atoms. The van der Waals surface area contributed by atoms with Crippen molar-refractivity contribution < 1.29 is 8.42 Å². The largest absolute Gasteiger partial charge is 0.356 e. The summed E-state index contributed by atoms with van der Waals surface area (Å²) in [4.78, 5) is 4.50. The summed E-state index contributed by atoms with van der Waals surface area (Å²) in [6, 6.07) is 8.74. The smallest absolute Gasteiger partial charge is 0.191 e. The fourth-order valence-electron chi connectivity index (χ4n) is 2.14. The Kier molecular flexibility index (Phi) is 6.36. The zero-order valence-corrected chi connectivity index (χ0v) is 14.8. The van der Waals surface area contributed by atoms with Crippen molar-refractivity contribution in [1.29, 1.82) is 0 Å². The lowest BCUT2D eigenvalue weighted by atomic mass is 10.2. The maximum absolute atomic E-state index is 11.4. The van der Waals surface area contributed by atoms with Crippen LogP contribution in [0, 0.1) is 0 Å². The fourth-order valence-corrected chi connectivity index (χ4v) is 2.77. The Morgan fingerprint density at radius 2 is 2.00 bits per heavy atom. The van der Waals surface area contributed by atoms with Crippen LogP contribution < -0.4 is 10.6 Å². The highest BCUT2D eigenvalue weighted by Crippen LogP contribution is 2.10. The van der Waals surface area contributed by atoms with Crippen molar-refractivity contribution >= 4 is 15.8 Å². The first-order valence-electron chi connectivity index (χ1n) is 7.70. The number of guanidine groups is 1. The molecule has 1 aromatic carbocycles. The van der Waals surface area contributed by atoms with E-state index in [1.165, 1.54) is 6.26 Å². The summed E-state index contributed by atoms with van der Waals surface area (Å²) >= 11 is 0. The number of benzene rings is 1. The van der Waals surface area contributed by atoms with Crippen LogP contribution in [0.4, 0.5) is 0 Å². The van der Waals surface area contributed by atoms with Gasteiger partial charge in [0.2, 0.25) is 0 Å². The second-order valence-corrected chi connectivity index (χ2v) is 7.41. The summed E-state index contributed by atoms with van der Waals surface area (Å²) in [7, 11) is -1.43. The highest BCUT2D eigenvalue weighted by atomic mass is 32.2. The predicted octanol–water partition coefficient (Wildman–Crippen LogP) is 1.04. The molecule has 0 bridgehead atoms. The van der Waals surface area contributed by atoms with Crippen molar-refractivity contribution in [2.75, 3.05) is 19.8 Å². The molecular weight excluding hydrogens is 326 g/mol. The standard InChI is InChI=1S/C16H23N5O2S/c1-17-16(18-9-3-11-21-12-4-10-20-21)19-13-14-5-7-15(8-6-14)24(2,22)23/h4-8,10,12H,3,9,11,13H2,1-2H3,(H2,17,18,19). The normalized spacial score (nSPS) is 12.2. The molecule has 2 aromatic rings. The molecule has 1 heterocycles. The molecule has 0 amide bonds. The van der Waals surface area contributed by atoms with Crippen molar-refractivity contribution in [2.24, 2.45) is 4.99 Å². The molecule has 24 heavy (non-hydrogen) atoms. The first kappa shape index (κ1) is 18.0. The minimum Gasteiger partial charge on any atom is -0.356 e. The van der Waals surface area contributed by atoms with Gasteiger partial charge in [0.05, 0.1) is 4.90 Å². The summed E-state index contributed by atoms with van der Waals surface area (Å²) in [6.07, 6.45) is 5.84. The Labute approximate surface area is 142 Å². The van der Waals surface area contributed by atoms with Crippen molar-refractivity contribution in [1.82, 2.24) is 20.4 Å². The van der Waals surface area contributed by atoms with Gasteiger partial charge in [0.25, 0.3) is 0 Å². The Morgan fingerprint density at radius 1 is 1.25 bits per heavy atom. The third-order valence-electron chi connectivity index (χ3n) is 3.45. The van der Waals surface area contributed by atoms with Crippen LogP contribution in [0.5, 0.6) is 0 Å². The summed E-state index contributed by atoms with van der Waals surface area (Å²) in [6.45, 7) is 2.21. The minimum atomic E-state index is -3.15. The number of rotatable bonds is 7. The van der Waals surface area contributed by atoms with Gasteiger partial charge < -0.3 is 10.6 Å². The Morgan fingerprint density at radius 3 is 2.58 bits per heavy atom. The van der Waals surface area contributed by atoms with Gasteiger partial charge in [0, 0.05) is 45.3 Å². The topological polar surface area (TPSA) is 88.4 Å². The summed E-state index contributed by atoms with van der Waals surface area (Å²) in [5.41, 5.74) is 0.988. The number of hydrogen-bond donors (Lipinski definition) is 2. The zero-order valence-electron chi connectivity index (χ0n) is 13.9. The van der Waals surface area contributed by atoms with Gasteiger partial charge >= 0.3 is 0 Å². The van der Waals surface area contributed by atoms with E-state index >= 15 is 0 Å². The van der Waals surface area contributed by atoms with E-state index in [0.29, 0.717) is 17.4 Å². The van der Waals surface area contributed by atoms with Crippen molar-refractivity contribution in [2.45, 2.75) is 24.4 Å². The molecule has 1 aromatic heterocycles. The summed E-state index contributed by atoms with van der Waals surface area (Å²) < 4.78 is 24.8. The lowest BCUT2D eigenvalue weighted by molar-refractivity contribution is 0.570.